The van der Waals surface area contributed by atoms with Crippen molar-refractivity contribution < 1.29 is 0 Å². The second kappa shape index (κ2) is 4.91. The molecule has 0 aliphatic rings. The summed E-state index contributed by atoms with van der Waals surface area (Å²) in [6.07, 6.45) is 5.68. The normalized spacial score (nSPS) is 10.9. The molecule has 11 heavy (non-hydrogen) atoms. The maximum absolute atomic E-state index is 2.25. The van der Waals surface area contributed by atoms with Crippen LogP contribution in [0.2, 0.25) is 6.04 Å². The third-order valence-corrected chi connectivity index (χ3v) is 2.14. The van der Waals surface area contributed by atoms with E-state index >= 15 is 0 Å². The zero-order valence-electron chi connectivity index (χ0n) is 6.96. The number of hydrogen-bond acceptors (Lipinski definition) is 0. The van der Waals surface area contributed by atoms with Gasteiger partial charge in [-0.25, -0.2) is 0 Å². The van der Waals surface area contributed by atoms with Crippen molar-refractivity contribution in [2.24, 2.45) is 0 Å². The first-order chi connectivity index (χ1) is 5.43. The molecule has 0 spiro atoms. The molecular formula is C10H14Si. The van der Waals surface area contributed by atoms with Crippen LogP contribution in [0.1, 0.15) is 12.0 Å². The van der Waals surface area contributed by atoms with Gasteiger partial charge in [0.1, 0.15) is 0 Å². The maximum atomic E-state index is 2.25. The highest BCUT2D eigenvalue weighted by Gasteiger charge is 1.80. The standard InChI is InChI=1S/C10H14Si/c11-9-5-4-8-10-6-2-1-3-7-10/h1-4,6-8H,5,9H2,11H3. The molecule has 0 fully saturated rings. The van der Waals surface area contributed by atoms with Gasteiger partial charge in [-0.05, 0) is 12.0 Å². The van der Waals surface area contributed by atoms with Gasteiger partial charge >= 0.3 is 0 Å². The van der Waals surface area contributed by atoms with Gasteiger partial charge in [0.25, 0.3) is 0 Å². The van der Waals surface area contributed by atoms with Crippen LogP contribution in [0.4, 0.5) is 0 Å². The van der Waals surface area contributed by atoms with Gasteiger partial charge in [-0.2, -0.15) is 0 Å². The Hall–Kier alpha value is -0.823. The van der Waals surface area contributed by atoms with Crippen LogP contribution < -0.4 is 0 Å². The molecule has 1 aromatic rings. The zero-order valence-corrected chi connectivity index (χ0v) is 8.96. The summed E-state index contributed by atoms with van der Waals surface area (Å²) in [4.78, 5) is 0. The molecule has 0 atom stereocenters. The van der Waals surface area contributed by atoms with Crippen LogP contribution in [0.15, 0.2) is 36.4 Å². The summed E-state index contributed by atoms with van der Waals surface area (Å²) in [7, 11) is 1.31. The van der Waals surface area contributed by atoms with E-state index in [4.69, 9.17) is 0 Å². The number of hydrogen-bond donors (Lipinski definition) is 0. The maximum Gasteiger partial charge on any atom is 0.00319 e. The molecular weight excluding hydrogens is 148 g/mol. The van der Waals surface area contributed by atoms with Crippen molar-refractivity contribution in [2.45, 2.75) is 12.5 Å². The largest absolute Gasteiger partial charge is 0.0843 e. The van der Waals surface area contributed by atoms with Crippen molar-refractivity contribution in [1.82, 2.24) is 0 Å². The van der Waals surface area contributed by atoms with Crippen molar-refractivity contribution >= 4 is 16.3 Å². The van der Waals surface area contributed by atoms with Gasteiger partial charge in [0.05, 0.1) is 0 Å². The Balaban J connectivity index is 2.50. The van der Waals surface area contributed by atoms with E-state index in [-0.39, 0.29) is 0 Å². The first-order valence-corrected chi connectivity index (χ1v) is 5.56. The van der Waals surface area contributed by atoms with E-state index in [2.05, 4.69) is 36.4 Å². The summed E-state index contributed by atoms with van der Waals surface area (Å²) < 4.78 is 0. The van der Waals surface area contributed by atoms with Crippen LogP contribution in [0.25, 0.3) is 6.08 Å². The molecule has 0 aliphatic heterocycles. The molecule has 0 amide bonds. The molecule has 0 saturated heterocycles. The first kappa shape index (κ1) is 8.28. The molecule has 0 nitrogen and oxygen atoms in total. The minimum absolute atomic E-state index is 1.24. The van der Waals surface area contributed by atoms with Gasteiger partial charge in [0.15, 0.2) is 0 Å². The number of rotatable bonds is 3. The van der Waals surface area contributed by atoms with E-state index in [1.165, 1.54) is 28.3 Å². The summed E-state index contributed by atoms with van der Waals surface area (Å²) in [6.45, 7) is 0. The van der Waals surface area contributed by atoms with E-state index in [1.807, 2.05) is 6.07 Å². The first-order valence-electron chi connectivity index (χ1n) is 4.15. The topological polar surface area (TPSA) is 0 Å². The fourth-order valence-corrected chi connectivity index (χ4v) is 1.28. The lowest BCUT2D eigenvalue weighted by atomic mass is 10.2. The average Bonchev–Trinajstić information content (AvgIpc) is 2.07. The lowest BCUT2D eigenvalue weighted by Gasteiger charge is -1.89. The summed E-state index contributed by atoms with van der Waals surface area (Å²) >= 11 is 0. The van der Waals surface area contributed by atoms with Crippen molar-refractivity contribution in [3.8, 4) is 0 Å². The molecule has 0 aliphatic carbocycles. The Morgan fingerprint density at radius 3 is 2.55 bits per heavy atom. The van der Waals surface area contributed by atoms with E-state index < -0.39 is 0 Å². The Labute approximate surface area is 71.4 Å². The van der Waals surface area contributed by atoms with E-state index in [1.54, 1.807) is 0 Å². The van der Waals surface area contributed by atoms with Crippen LogP contribution in [0, 0.1) is 0 Å². The molecule has 0 saturated carbocycles. The zero-order chi connectivity index (χ0) is 7.94. The molecule has 1 rings (SSSR count). The summed E-state index contributed by atoms with van der Waals surface area (Å²) in [5.74, 6) is 0. The summed E-state index contributed by atoms with van der Waals surface area (Å²) in [5, 5.41) is 0. The molecule has 0 bridgehead atoms. The molecule has 1 aromatic carbocycles. The molecule has 1 heteroatoms. The fraction of sp³-hybridized carbons (Fsp3) is 0.200. The van der Waals surface area contributed by atoms with E-state index in [0.29, 0.717) is 0 Å². The Morgan fingerprint density at radius 1 is 1.18 bits per heavy atom. The SMILES string of the molecule is [SiH3]CCC=Cc1ccccc1. The van der Waals surface area contributed by atoms with Crippen molar-refractivity contribution in [1.29, 1.82) is 0 Å². The monoisotopic (exact) mass is 162 g/mol. The van der Waals surface area contributed by atoms with E-state index in [9.17, 15) is 0 Å². The van der Waals surface area contributed by atoms with Crippen LogP contribution in [0.5, 0.6) is 0 Å². The molecule has 0 unspecified atom stereocenters. The number of allylic oxidation sites excluding steroid dienone is 1. The average molecular weight is 162 g/mol. The lowest BCUT2D eigenvalue weighted by Crippen LogP contribution is -1.69. The molecule has 0 radical (unpaired) electrons. The predicted molar refractivity (Wildman–Crippen MR) is 54.8 cm³/mol. The van der Waals surface area contributed by atoms with Crippen LogP contribution in [-0.4, -0.2) is 10.2 Å². The van der Waals surface area contributed by atoms with Gasteiger partial charge in [-0.15, -0.1) is 0 Å². The number of benzene rings is 1. The second-order valence-corrected chi connectivity index (χ2v) is 3.60. The quantitative estimate of drug-likeness (QED) is 0.595. The third-order valence-electron chi connectivity index (χ3n) is 1.57. The Bertz CT molecular complexity index is 214. The van der Waals surface area contributed by atoms with Crippen LogP contribution in [0.3, 0.4) is 0 Å². The van der Waals surface area contributed by atoms with Crippen LogP contribution in [-0.2, 0) is 0 Å². The van der Waals surface area contributed by atoms with Gasteiger partial charge in [0, 0.05) is 10.2 Å². The smallest absolute Gasteiger partial charge is 0.00319 e. The highest BCUT2D eigenvalue weighted by atomic mass is 28.1. The van der Waals surface area contributed by atoms with Crippen molar-refractivity contribution in [3.63, 3.8) is 0 Å². The second-order valence-electron chi connectivity index (χ2n) is 2.60. The van der Waals surface area contributed by atoms with E-state index in [0.717, 1.165) is 0 Å². The van der Waals surface area contributed by atoms with Gasteiger partial charge in [-0.3, -0.25) is 0 Å². The van der Waals surface area contributed by atoms with Gasteiger partial charge < -0.3 is 0 Å². The third kappa shape index (κ3) is 3.19. The molecule has 0 N–H and O–H groups in total. The van der Waals surface area contributed by atoms with Crippen molar-refractivity contribution in [3.05, 3.63) is 42.0 Å². The summed E-state index contributed by atoms with van der Waals surface area (Å²) in [5.41, 5.74) is 1.31. The van der Waals surface area contributed by atoms with Gasteiger partial charge in [-0.1, -0.05) is 48.5 Å². The van der Waals surface area contributed by atoms with Gasteiger partial charge in [0.2, 0.25) is 0 Å². The molecule has 58 valence electrons. The van der Waals surface area contributed by atoms with Crippen LogP contribution >= 0.6 is 0 Å². The molecule has 0 aromatic heterocycles. The Kier molecular flexibility index (Phi) is 3.69. The Morgan fingerprint density at radius 2 is 1.91 bits per heavy atom. The predicted octanol–water partition coefficient (Wildman–Crippen LogP) is 1.87. The lowest BCUT2D eigenvalue weighted by molar-refractivity contribution is 1.22. The minimum Gasteiger partial charge on any atom is -0.0843 e. The minimum atomic E-state index is 1.24. The highest BCUT2D eigenvalue weighted by Crippen LogP contribution is 2.01. The highest BCUT2D eigenvalue weighted by molar-refractivity contribution is 6.08. The van der Waals surface area contributed by atoms with Crippen molar-refractivity contribution in [2.75, 3.05) is 0 Å². The molecule has 0 heterocycles. The summed E-state index contributed by atoms with van der Waals surface area (Å²) in [6, 6.07) is 11.8. The fourth-order valence-electron chi connectivity index (χ4n) is 0.950.